The monoisotopic (exact) mass is 395 g/mol. The number of hydrogen-bond acceptors (Lipinski definition) is 4. The summed E-state index contributed by atoms with van der Waals surface area (Å²) in [5.74, 6) is -2.02. The Labute approximate surface area is 166 Å². The second-order valence-corrected chi connectivity index (χ2v) is 7.37. The van der Waals surface area contributed by atoms with Gasteiger partial charge in [0.05, 0.1) is 16.6 Å². The number of carboxylic acid groups (broad SMARTS) is 1. The summed E-state index contributed by atoms with van der Waals surface area (Å²) in [5.41, 5.74) is 6.62. The minimum Gasteiger partial charge on any atom is -0.477 e. The van der Waals surface area contributed by atoms with Crippen molar-refractivity contribution in [2.24, 2.45) is 0 Å². The molecule has 0 bridgehead atoms. The van der Waals surface area contributed by atoms with Crippen molar-refractivity contribution in [3.63, 3.8) is 0 Å². The number of benzene rings is 2. The van der Waals surface area contributed by atoms with E-state index in [1.165, 1.54) is 6.20 Å². The van der Waals surface area contributed by atoms with E-state index in [-0.39, 0.29) is 23.0 Å². The number of nitrogen functional groups attached to an aromatic ring is 1. The van der Waals surface area contributed by atoms with Crippen LogP contribution in [-0.2, 0) is 13.1 Å². The Balaban J connectivity index is 1.70. The van der Waals surface area contributed by atoms with E-state index >= 15 is 4.39 Å². The van der Waals surface area contributed by atoms with Crippen LogP contribution in [0.15, 0.2) is 47.4 Å². The topological polar surface area (TPSA) is 97.4 Å². The van der Waals surface area contributed by atoms with Crippen LogP contribution in [0.4, 0.5) is 10.1 Å². The number of aromatic carboxylic acids is 1. The number of rotatable bonds is 6. The summed E-state index contributed by atoms with van der Waals surface area (Å²) in [4.78, 5) is 24.0. The molecule has 150 valence electrons. The molecule has 29 heavy (non-hydrogen) atoms. The molecule has 1 aliphatic rings. The number of hydrogen-bond donors (Lipinski definition) is 3. The molecule has 7 heteroatoms. The molecule has 2 aromatic carbocycles. The van der Waals surface area contributed by atoms with Crippen LogP contribution < -0.4 is 16.5 Å². The molecule has 1 heterocycles. The highest BCUT2D eigenvalue weighted by Gasteiger charge is 2.40. The summed E-state index contributed by atoms with van der Waals surface area (Å²) >= 11 is 0. The van der Waals surface area contributed by atoms with Gasteiger partial charge in [0.2, 0.25) is 5.43 Å². The van der Waals surface area contributed by atoms with E-state index in [2.05, 4.69) is 5.32 Å². The van der Waals surface area contributed by atoms with Gasteiger partial charge in [-0.25, -0.2) is 9.18 Å². The van der Waals surface area contributed by atoms with Crippen LogP contribution in [0.1, 0.15) is 40.7 Å². The molecule has 1 aromatic heterocycles. The Bertz CT molecular complexity index is 1160. The van der Waals surface area contributed by atoms with E-state index < -0.39 is 22.8 Å². The van der Waals surface area contributed by atoms with Crippen LogP contribution in [0, 0.1) is 5.82 Å². The number of aryl methyl sites for hydroxylation is 1. The number of nitrogens with one attached hydrogen (secondary N) is 1. The standard InChI is InChI=1S/C22H22FN3O3/c1-2-26-11-15(22(28)29)21(27)18-17(26)9-14(19(23)20(18)24)13-8-16(13)25-10-12-6-4-3-5-7-12/h3-7,9,11,13,16,25H,2,8,10,24H2,1H3,(H,28,29)/t13-,16+/m1/s1. The van der Waals surface area contributed by atoms with Crippen molar-refractivity contribution in [2.45, 2.75) is 38.4 Å². The molecule has 0 aliphatic heterocycles. The predicted octanol–water partition coefficient (Wildman–Crippen LogP) is 3.09. The van der Waals surface area contributed by atoms with Gasteiger partial charge in [-0.05, 0) is 30.5 Å². The molecular weight excluding hydrogens is 373 g/mol. The molecule has 4 N–H and O–H groups in total. The summed E-state index contributed by atoms with van der Waals surface area (Å²) in [5, 5.41) is 12.6. The number of carbonyl (C=O) groups is 1. The molecular formula is C22H22FN3O3. The average Bonchev–Trinajstić information content (AvgIpc) is 3.49. The molecule has 4 rings (SSSR count). The number of halogens is 1. The lowest BCUT2D eigenvalue weighted by molar-refractivity contribution is 0.0695. The van der Waals surface area contributed by atoms with Gasteiger partial charge in [0.1, 0.15) is 5.56 Å². The summed E-state index contributed by atoms with van der Waals surface area (Å²) in [6.07, 6.45) is 2.07. The van der Waals surface area contributed by atoms with Crippen molar-refractivity contribution in [3.8, 4) is 0 Å². The van der Waals surface area contributed by atoms with Gasteiger partial charge in [0.25, 0.3) is 0 Å². The van der Waals surface area contributed by atoms with E-state index in [1.54, 1.807) is 10.6 Å². The van der Waals surface area contributed by atoms with Crippen LogP contribution >= 0.6 is 0 Å². The fourth-order valence-electron chi connectivity index (χ4n) is 3.86. The van der Waals surface area contributed by atoms with Crippen LogP contribution in [0.3, 0.4) is 0 Å². The van der Waals surface area contributed by atoms with E-state index in [0.717, 1.165) is 12.0 Å². The highest BCUT2D eigenvalue weighted by Crippen LogP contribution is 2.44. The normalized spacial score (nSPS) is 18.1. The first-order chi connectivity index (χ1) is 13.9. The van der Waals surface area contributed by atoms with E-state index in [0.29, 0.717) is 24.2 Å². The zero-order valence-electron chi connectivity index (χ0n) is 16.0. The van der Waals surface area contributed by atoms with Crippen molar-refractivity contribution in [1.29, 1.82) is 0 Å². The third kappa shape index (κ3) is 3.38. The summed E-state index contributed by atoms with van der Waals surface area (Å²) in [6, 6.07) is 11.7. The van der Waals surface area contributed by atoms with Gasteiger partial charge in [-0.1, -0.05) is 30.3 Å². The van der Waals surface area contributed by atoms with Crippen molar-refractivity contribution in [2.75, 3.05) is 5.73 Å². The van der Waals surface area contributed by atoms with E-state index in [4.69, 9.17) is 5.73 Å². The van der Waals surface area contributed by atoms with Crippen LogP contribution in [0.25, 0.3) is 10.9 Å². The minimum atomic E-state index is -1.35. The number of nitrogens with zero attached hydrogens (tertiary/aromatic N) is 1. The smallest absolute Gasteiger partial charge is 0.341 e. The summed E-state index contributed by atoms with van der Waals surface area (Å²) in [7, 11) is 0. The van der Waals surface area contributed by atoms with Crippen molar-refractivity contribution >= 4 is 22.6 Å². The highest BCUT2D eigenvalue weighted by atomic mass is 19.1. The average molecular weight is 395 g/mol. The quantitative estimate of drug-likeness (QED) is 0.557. The van der Waals surface area contributed by atoms with Crippen molar-refractivity contribution in [3.05, 3.63) is 75.3 Å². The lowest BCUT2D eigenvalue weighted by atomic mass is 10.0. The van der Waals surface area contributed by atoms with Gasteiger partial charge in [-0.2, -0.15) is 0 Å². The number of carboxylic acids is 1. The van der Waals surface area contributed by atoms with Crippen LogP contribution in [0.5, 0.6) is 0 Å². The summed E-state index contributed by atoms with van der Waals surface area (Å²) < 4.78 is 16.7. The molecule has 0 saturated heterocycles. The van der Waals surface area contributed by atoms with Crippen LogP contribution in [0.2, 0.25) is 0 Å². The Morgan fingerprint density at radius 2 is 2.07 bits per heavy atom. The molecule has 1 fully saturated rings. The fourth-order valence-corrected chi connectivity index (χ4v) is 3.86. The molecule has 0 spiro atoms. The number of fused-ring (bicyclic) bond motifs is 1. The van der Waals surface area contributed by atoms with Gasteiger partial charge in [-0.3, -0.25) is 4.79 Å². The number of pyridine rings is 1. The molecule has 3 aromatic rings. The Hall–Kier alpha value is -3.19. The lowest BCUT2D eigenvalue weighted by Gasteiger charge is -2.15. The first kappa shape index (κ1) is 19.1. The molecule has 1 saturated carbocycles. The summed E-state index contributed by atoms with van der Waals surface area (Å²) in [6.45, 7) is 2.95. The van der Waals surface area contributed by atoms with Gasteiger partial charge >= 0.3 is 5.97 Å². The zero-order chi connectivity index (χ0) is 20.7. The predicted molar refractivity (Wildman–Crippen MR) is 110 cm³/mol. The molecule has 2 atom stereocenters. The van der Waals surface area contributed by atoms with E-state index in [1.807, 2.05) is 37.3 Å². The lowest BCUT2D eigenvalue weighted by Crippen LogP contribution is -2.21. The van der Waals surface area contributed by atoms with Gasteiger partial charge in [0.15, 0.2) is 5.82 Å². The van der Waals surface area contributed by atoms with Crippen LogP contribution in [-0.4, -0.2) is 21.7 Å². The Morgan fingerprint density at radius 1 is 1.34 bits per heavy atom. The maximum Gasteiger partial charge on any atom is 0.341 e. The third-order valence-corrected chi connectivity index (χ3v) is 5.55. The molecule has 0 unspecified atom stereocenters. The number of aromatic nitrogens is 1. The SMILES string of the molecule is CCn1cc(C(=O)O)c(=O)c2c(N)c(F)c([C@H]3C[C@@H]3NCc3ccccc3)cc21. The first-order valence-electron chi connectivity index (χ1n) is 9.58. The molecule has 1 aliphatic carbocycles. The Morgan fingerprint density at radius 3 is 2.72 bits per heavy atom. The van der Waals surface area contributed by atoms with E-state index in [9.17, 15) is 14.7 Å². The minimum absolute atomic E-state index is 0.0371. The molecule has 6 nitrogen and oxygen atoms in total. The largest absolute Gasteiger partial charge is 0.477 e. The maximum absolute atomic E-state index is 15.1. The Kier molecular flexibility index (Phi) is 4.84. The first-order valence-corrected chi connectivity index (χ1v) is 9.58. The second kappa shape index (κ2) is 7.33. The van der Waals surface area contributed by atoms with Crippen molar-refractivity contribution < 1.29 is 14.3 Å². The fraction of sp³-hybridized carbons (Fsp3) is 0.273. The van der Waals surface area contributed by atoms with Crippen molar-refractivity contribution in [1.82, 2.24) is 9.88 Å². The maximum atomic E-state index is 15.1. The number of nitrogens with two attached hydrogens (primary N) is 1. The number of anilines is 1. The molecule has 0 radical (unpaired) electrons. The van der Waals surface area contributed by atoms with Gasteiger partial charge < -0.3 is 20.7 Å². The third-order valence-electron chi connectivity index (χ3n) is 5.55. The zero-order valence-corrected chi connectivity index (χ0v) is 16.0. The second-order valence-electron chi connectivity index (χ2n) is 7.37. The highest BCUT2D eigenvalue weighted by molar-refractivity contribution is 5.97. The van der Waals surface area contributed by atoms with Gasteiger partial charge in [0, 0.05) is 31.2 Å². The van der Waals surface area contributed by atoms with Gasteiger partial charge in [-0.15, -0.1) is 0 Å². The molecule has 0 amide bonds.